The molecule has 0 aliphatic carbocycles. The summed E-state index contributed by atoms with van der Waals surface area (Å²) in [7, 11) is 6.09. The van der Waals surface area contributed by atoms with Crippen LogP contribution in [0.5, 0.6) is 0 Å². The van der Waals surface area contributed by atoms with E-state index in [1.165, 1.54) is 11.3 Å². The van der Waals surface area contributed by atoms with Crippen LogP contribution < -0.4 is 4.90 Å². The fraction of sp³-hybridized carbons (Fsp3) is 0.500. The van der Waals surface area contributed by atoms with Gasteiger partial charge in [-0.05, 0) is 26.3 Å². The summed E-state index contributed by atoms with van der Waals surface area (Å²) >= 11 is 0. The van der Waals surface area contributed by atoms with Crippen molar-refractivity contribution < 1.29 is 0 Å². The molecule has 0 unspecified atom stereocenters. The topological polar surface area (TPSA) is 34.0 Å². The quantitative estimate of drug-likeness (QED) is 0.733. The van der Waals surface area contributed by atoms with E-state index >= 15 is 0 Å². The van der Waals surface area contributed by atoms with Gasteiger partial charge in [-0.25, -0.2) is 9.97 Å². The van der Waals surface area contributed by atoms with Crippen molar-refractivity contribution in [2.45, 2.75) is 20.8 Å². The zero-order valence-corrected chi connectivity index (χ0v) is 10.8. The van der Waals surface area contributed by atoms with Crippen LogP contribution in [0.1, 0.15) is 17.1 Å². The van der Waals surface area contributed by atoms with Gasteiger partial charge in [0.2, 0.25) is 0 Å². The van der Waals surface area contributed by atoms with Gasteiger partial charge in [0, 0.05) is 26.8 Å². The Morgan fingerprint density at radius 3 is 2.25 bits per heavy atom. The van der Waals surface area contributed by atoms with Crippen LogP contribution in [0.2, 0.25) is 0 Å². The predicted molar refractivity (Wildman–Crippen MR) is 67.0 cm³/mol. The van der Waals surface area contributed by atoms with Gasteiger partial charge >= 0.3 is 0 Å². The lowest BCUT2D eigenvalue weighted by Gasteiger charge is -2.13. The summed E-state index contributed by atoms with van der Waals surface area (Å²) in [5, 5.41) is 1.16. The molecule has 86 valence electrons. The third-order valence-electron chi connectivity index (χ3n) is 3.14. The summed E-state index contributed by atoms with van der Waals surface area (Å²) in [6, 6.07) is 0. The Morgan fingerprint density at radius 2 is 1.69 bits per heavy atom. The Morgan fingerprint density at radius 1 is 1.06 bits per heavy atom. The number of rotatable bonds is 1. The van der Waals surface area contributed by atoms with E-state index in [0.29, 0.717) is 0 Å². The van der Waals surface area contributed by atoms with Gasteiger partial charge in [-0.2, -0.15) is 0 Å². The van der Waals surface area contributed by atoms with Crippen molar-refractivity contribution in [1.29, 1.82) is 0 Å². The van der Waals surface area contributed by atoms with Crippen molar-refractivity contribution in [2.24, 2.45) is 7.05 Å². The molecule has 0 aliphatic heterocycles. The second kappa shape index (κ2) is 3.47. The molecule has 0 aliphatic rings. The minimum absolute atomic E-state index is 0.816. The van der Waals surface area contributed by atoms with Crippen molar-refractivity contribution in [1.82, 2.24) is 14.5 Å². The van der Waals surface area contributed by atoms with Gasteiger partial charge in [0.1, 0.15) is 17.3 Å². The molecule has 4 nitrogen and oxygen atoms in total. The van der Waals surface area contributed by atoms with Crippen molar-refractivity contribution >= 4 is 16.9 Å². The van der Waals surface area contributed by atoms with Gasteiger partial charge < -0.3 is 9.47 Å². The lowest BCUT2D eigenvalue weighted by Crippen LogP contribution is -2.12. The lowest BCUT2D eigenvalue weighted by molar-refractivity contribution is 0.885. The average Bonchev–Trinajstić information content (AvgIpc) is 2.43. The van der Waals surface area contributed by atoms with Gasteiger partial charge in [-0.1, -0.05) is 0 Å². The van der Waals surface area contributed by atoms with E-state index in [4.69, 9.17) is 0 Å². The summed E-state index contributed by atoms with van der Waals surface area (Å²) in [6.07, 6.45) is 0. The van der Waals surface area contributed by atoms with Crippen LogP contribution in [0.3, 0.4) is 0 Å². The standard InChI is InChI=1S/C12H18N4/c1-7-8(2)16(6)12-10(7)11(15(4)5)13-9(3)14-12/h1-6H3. The fourth-order valence-electron chi connectivity index (χ4n) is 2.04. The van der Waals surface area contributed by atoms with Crippen LogP contribution >= 0.6 is 0 Å². The molecule has 0 fully saturated rings. The van der Waals surface area contributed by atoms with E-state index in [9.17, 15) is 0 Å². The van der Waals surface area contributed by atoms with Crippen molar-refractivity contribution in [3.05, 3.63) is 17.1 Å². The van der Waals surface area contributed by atoms with E-state index in [0.717, 1.165) is 22.7 Å². The maximum Gasteiger partial charge on any atom is 0.146 e. The summed E-state index contributed by atoms with van der Waals surface area (Å²) in [4.78, 5) is 11.1. The van der Waals surface area contributed by atoms with Gasteiger partial charge in [0.15, 0.2) is 0 Å². The lowest BCUT2D eigenvalue weighted by atomic mass is 10.2. The maximum absolute atomic E-state index is 4.53. The highest BCUT2D eigenvalue weighted by molar-refractivity contribution is 5.92. The monoisotopic (exact) mass is 218 g/mol. The molecule has 4 heteroatoms. The molecule has 0 atom stereocenters. The summed E-state index contributed by atoms with van der Waals surface area (Å²) in [5.41, 5.74) is 3.53. The second-order valence-corrected chi connectivity index (χ2v) is 4.46. The molecule has 0 radical (unpaired) electrons. The summed E-state index contributed by atoms with van der Waals surface area (Å²) < 4.78 is 2.13. The molecule has 0 amide bonds. The van der Waals surface area contributed by atoms with Crippen molar-refractivity contribution in [3.63, 3.8) is 0 Å². The average molecular weight is 218 g/mol. The molecule has 0 saturated heterocycles. The Balaban J connectivity index is 2.96. The Kier molecular flexibility index (Phi) is 2.37. The zero-order chi connectivity index (χ0) is 12.0. The molecule has 0 spiro atoms. The summed E-state index contributed by atoms with van der Waals surface area (Å²) in [5.74, 6) is 1.82. The highest BCUT2D eigenvalue weighted by atomic mass is 15.2. The first-order valence-electron chi connectivity index (χ1n) is 5.41. The van der Waals surface area contributed by atoms with Crippen LogP contribution in [0.15, 0.2) is 0 Å². The third-order valence-corrected chi connectivity index (χ3v) is 3.14. The number of anilines is 1. The second-order valence-electron chi connectivity index (χ2n) is 4.46. The largest absolute Gasteiger partial charge is 0.362 e. The maximum atomic E-state index is 4.53. The molecule has 0 saturated carbocycles. The first kappa shape index (κ1) is 10.9. The first-order chi connectivity index (χ1) is 7.43. The minimum Gasteiger partial charge on any atom is -0.362 e. The van der Waals surface area contributed by atoms with E-state index in [2.05, 4.69) is 35.4 Å². The van der Waals surface area contributed by atoms with E-state index in [1.54, 1.807) is 0 Å². The molecular weight excluding hydrogens is 200 g/mol. The van der Waals surface area contributed by atoms with Crippen LogP contribution in [-0.2, 0) is 7.05 Å². The summed E-state index contributed by atoms with van der Waals surface area (Å²) in [6.45, 7) is 6.18. The molecular formula is C12H18N4. The smallest absolute Gasteiger partial charge is 0.146 e. The van der Waals surface area contributed by atoms with Gasteiger partial charge in [-0.3, -0.25) is 0 Å². The van der Waals surface area contributed by atoms with Crippen LogP contribution in [0.25, 0.3) is 11.0 Å². The number of nitrogens with zero attached hydrogens (tertiary/aromatic N) is 4. The minimum atomic E-state index is 0.816. The Bertz CT molecular complexity index is 552. The SMILES string of the molecule is Cc1nc(N(C)C)c2c(C)c(C)n(C)c2n1. The number of hydrogen-bond donors (Lipinski definition) is 0. The number of fused-ring (bicyclic) bond motifs is 1. The molecule has 2 aromatic heterocycles. The molecule has 2 heterocycles. The normalized spacial score (nSPS) is 11.1. The molecule has 0 N–H and O–H groups in total. The first-order valence-corrected chi connectivity index (χ1v) is 5.41. The number of aryl methyl sites for hydroxylation is 3. The van der Waals surface area contributed by atoms with E-state index < -0.39 is 0 Å². The van der Waals surface area contributed by atoms with E-state index in [-0.39, 0.29) is 0 Å². The van der Waals surface area contributed by atoms with Crippen molar-refractivity contribution in [3.8, 4) is 0 Å². The highest BCUT2D eigenvalue weighted by Crippen LogP contribution is 2.29. The fourth-order valence-corrected chi connectivity index (χ4v) is 2.04. The predicted octanol–water partition coefficient (Wildman–Crippen LogP) is 1.96. The molecule has 2 rings (SSSR count). The zero-order valence-electron chi connectivity index (χ0n) is 10.8. The molecule has 2 aromatic rings. The number of hydrogen-bond acceptors (Lipinski definition) is 3. The van der Waals surface area contributed by atoms with Crippen LogP contribution in [0, 0.1) is 20.8 Å². The van der Waals surface area contributed by atoms with Gasteiger partial charge in [0.05, 0.1) is 5.39 Å². The molecule has 0 aromatic carbocycles. The van der Waals surface area contributed by atoms with Crippen LogP contribution in [0.4, 0.5) is 5.82 Å². The molecule has 0 bridgehead atoms. The van der Waals surface area contributed by atoms with Crippen LogP contribution in [-0.4, -0.2) is 28.6 Å². The Hall–Kier alpha value is -1.58. The van der Waals surface area contributed by atoms with Gasteiger partial charge in [-0.15, -0.1) is 0 Å². The molecule has 16 heavy (non-hydrogen) atoms. The van der Waals surface area contributed by atoms with Gasteiger partial charge in [0.25, 0.3) is 0 Å². The number of aromatic nitrogens is 3. The van der Waals surface area contributed by atoms with Crippen molar-refractivity contribution in [2.75, 3.05) is 19.0 Å². The third kappa shape index (κ3) is 1.37. The Labute approximate surface area is 95.9 Å². The highest BCUT2D eigenvalue weighted by Gasteiger charge is 2.16. The van der Waals surface area contributed by atoms with E-state index in [1.807, 2.05) is 25.9 Å².